The second-order valence-electron chi connectivity index (χ2n) is 7.20. The summed E-state index contributed by atoms with van der Waals surface area (Å²) in [7, 11) is -0.680. The normalized spacial score (nSPS) is 24.7. The molecule has 1 aliphatic heterocycles. The molecule has 0 radical (unpaired) electrons. The van der Waals surface area contributed by atoms with Gasteiger partial charge in [0, 0.05) is 23.3 Å². The Morgan fingerprint density at radius 3 is 2.24 bits per heavy atom. The standard InChI is InChI=1S/C16H23BFNO2/c1-15(2)16(3,4)21-17(20-15)12-10-19-14(9-13(12)18)11-7-5-6-8-11/h9-11H,5-8H2,1-4H3. The van der Waals surface area contributed by atoms with Crippen LogP contribution in [0.25, 0.3) is 0 Å². The van der Waals surface area contributed by atoms with Crippen molar-refractivity contribution in [3.63, 3.8) is 0 Å². The van der Waals surface area contributed by atoms with Crippen LogP contribution in [-0.4, -0.2) is 23.3 Å². The van der Waals surface area contributed by atoms with Crippen LogP contribution in [-0.2, 0) is 9.31 Å². The van der Waals surface area contributed by atoms with E-state index in [1.807, 2.05) is 27.7 Å². The second kappa shape index (κ2) is 5.06. The highest BCUT2D eigenvalue weighted by atomic mass is 19.1. The summed E-state index contributed by atoms with van der Waals surface area (Å²) >= 11 is 0. The van der Waals surface area contributed by atoms with E-state index >= 15 is 0 Å². The molecule has 0 N–H and O–H groups in total. The third kappa shape index (κ3) is 2.62. The Hall–Kier alpha value is -0.935. The topological polar surface area (TPSA) is 31.4 Å². The number of halogens is 1. The Bertz CT molecular complexity index is 525. The van der Waals surface area contributed by atoms with Gasteiger partial charge in [-0.25, -0.2) is 4.39 Å². The maximum atomic E-state index is 14.5. The molecule has 1 saturated heterocycles. The van der Waals surface area contributed by atoms with Gasteiger partial charge < -0.3 is 9.31 Å². The Kier molecular flexibility index (Phi) is 3.61. The molecule has 3 nitrogen and oxygen atoms in total. The molecule has 0 amide bonds. The van der Waals surface area contributed by atoms with Gasteiger partial charge in [-0.1, -0.05) is 12.8 Å². The zero-order chi connectivity index (χ0) is 15.3. The molecule has 2 heterocycles. The lowest BCUT2D eigenvalue weighted by atomic mass is 9.79. The summed E-state index contributed by atoms with van der Waals surface area (Å²) in [4.78, 5) is 4.46. The molecule has 1 saturated carbocycles. The largest absolute Gasteiger partial charge is 0.499 e. The van der Waals surface area contributed by atoms with E-state index in [9.17, 15) is 4.39 Å². The third-order valence-corrected chi connectivity index (χ3v) is 5.18. The van der Waals surface area contributed by atoms with Crippen LogP contribution in [0.3, 0.4) is 0 Å². The zero-order valence-electron chi connectivity index (χ0n) is 13.3. The van der Waals surface area contributed by atoms with Crippen molar-refractivity contribution in [2.45, 2.75) is 70.5 Å². The smallest absolute Gasteiger partial charge is 0.399 e. The van der Waals surface area contributed by atoms with Gasteiger partial charge in [0.2, 0.25) is 0 Å². The molecule has 0 aromatic carbocycles. The molecule has 0 spiro atoms. The first kappa shape index (κ1) is 15.0. The third-order valence-electron chi connectivity index (χ3n) is 5.18. The van der Waals surface area contributed by atoms with Crippen molar-refractivity contribution in [1.29, 1.82) is 0 Å². The fraction of sp³-hybridized carbons (Fsp3) is 0.688. The van der Waals surface area contributed by atoms with Gasteiger partial charge >= 0.3 is 7.12 Å². The summed E-state index contributed by atoms with van der Waals surface area (Å²) < 4.78 is 26.2. The summed E-state index contributed by atoms with van der Waals surface area (Å²) in [5, 5.41) is 0. The number of aromatic nitrogens is 1. The van der Waals surface area contributed by atoms with E-state index in [0.29, 0.717) is 11.4 Å². The minimum Gasteiger partial charge on any atom is -0.399 e. The van der Waals surface area contributed by atoms with Gasteiger partial charge in [-0.3, -0.25) is 4.98 Å². The molecule has 114 valence electrons. The van der Waals surface area contributed by atoms with Crippen molar-refractivity contribution in [2.75, 3.05) is 0 Å². The summed E-state index contributed by atoms with van der Waals surface area (Å²) in [5.41, 5.74) is 0.336. The van der Waals surface area contributed by atoms with Crippen LogP contribution >= 0.6 is 0 Å². The van der Waals surface area contributed by atoms with E-state index in [4.69, 9.17) is 9.31 Å². The first-order chi connectivity index (χ1) is 9.80. The van der Waals surface area contributed by atoms with Gasteiger partial charge in [-0.05, 0) is 46.6 Å². The molecule has 1 aromatic heterocycles. The zero-order valence-corrected chi connectivity index (χ0v) is 13.3. The first-order valence-electron chi connectivity index (χ1n) is 7.81. The molecule has 2 aliphatic rings. The Balaban J connectivity index is 1.84. The molecule has 0 unspecified atom stereocenters. The predicted octanol–water partition coefficient (Wildman–Crippen LogP) is 3.18. The maximum absolute atomic E-state index is 14.5. The van der Waals surface area contributed by atoms with Gasteiger partial charge in [-0.2, -0.15) is 0 Å². The highest BCUT2D eigenvalue weighted by molar-refractivity contribution is 6.62. The van der Waals surface area contributed by atoms with Crippen LogP contribution in [0.1, 0.15) is 65.0 Å². The van der Waals surface area contributed by atoms with E-state index in [-0.39, 0.29) is 5.82 Å². The molecule has 21 heavy (non-hydrogen) atoms. The number of nitrogens with zero attached hydrogens (tertiary/aromatic N) is 1. The average molecular weight is 291 g/mol. The maximum Gasteiger partial charge on any atom is 0.499 e. The fourth-order valence-corrected chi connectivity index (χ4v) is 3.04. The molecular formula is C16H23BFNO2. The molecule has 2 fully saturated rings. The minimum absolute atomic E-state index is 0.273. The van der Waals surface area contributed by atoms with Crippen LogP contribution in [0.4, 0.5) is 4.39 Å². The van der Waals surface area contributed by atoms with Crippen LogP contribution in [0, 0.1) is 5.82 Å². The highest BCUT2D eigenvalue weighted by Gasteiger charge is 2.52. The second-order valence-corrected chi connectivity index (χ2v) is 7.20. The van der Waals surface area contributed by atoms with Gasteiger partial charge in [0.25, 0.3) is 0 Å². The monoisotopic (exact) mass is 291 g/mol. The molecule has 0 atom stereocenters. The fourth-order valence-electron chi connectivity index (χ4n) is 3.04. The number of pyridine rings is 1. The Labute approximate surface area is 126 Å². The molecule has 0 bridgehead atoms. The molecule has 1 aliphatic carbocycles. The van der Waals surface area contributed by atoms with Gasteiger partial charge in [0.1, 0.15) is 5.82 Å². The van der Waals surface area contributed by atoms with E-state index in [2.05, 4.69) is 4.98 Å². The van der Waals surface area contributed by atoms with Crippen molar-refractivity contribution >= 4 is 12.6 Å². The average Bonchev–Trinajstić information content (AvgIpc) is 2.96. The van der Waals surface area contributed by atoms with Crippen LogP contribution in [0.15, 0.2) is 12.3 Å². The van der Waals surface area contributed by atoms with Gasteiger partial charge in [0.15, 0.2) is 0 Å². The van der Waals surface area contributed by atoms with Crippen LogP contribution in [0.5, 0.6) is 0 Å². The highest BCUT2D eigenvalue weighted by Crippen LogP contribution is 2.37. The molecule has 3 rings (SSSR count). The summed E-state index contributed by atoms with van der Waals surface area (Å²) in [6.45, 7) is 7.85. The summed E-state index contributed by atoms with van der Waals surface area (Å²) in [6.07, 6.45) is 6.25. The lowest BCUT2D eigenvalue weighted by Gasteiger charge is -2.32. The number of rotatable bonds is 2. The quantitative estimate of drug-likeness (QED) is 0.784. The lowest BCUT2D eigenvalue weighted by molar-refractivity contribution is 0.00578. The van der Waals surface area contributed by atoms with Crippen LogP contribution in [0.2, 0.25) is 0 Å². The van der Waals surface area contributed by atoms with Gasteiger partial charge in [0.05, 0.1) is 11.2 Å². The lowest BCUT2D eigenvalue weighted by Crippen LogP contribution is -2.41. The van der Waals surface area contributed by atoms with Crippen LogP contribution < -0.4 is 5.46 Å². The molecular weight excluding hydrogens is 268 g/mol. The summed E-state index contributed by atoms with van der Waals surface area (Å²) in [5.74, 6) is 0.136. The Morgan fingerprint density at radius 2 is 1.71 bits per heavy atom. The predicted molar refractivity (Wildman–Crippen MR) is 81.1 cm³/mol. The SMILES string of the molecule is CC1(C)OB(c2cnc(C3CCCC3)cc2F)OC1(C)C. The molecule has 1 aromatic rings. The minimum atomic E-state index is -0.680. The first-order valence-corrected chi connectivity index (χ1v) is 7.81. The van der Waals surface area contributed by atoms with E-state index in [1.54, 1.807) is 12.3 Å². The van der Waals surface area contributed by atoms with Crippen molar-refractivity contribution in [3.8, 4) is 0 Å². The molecule has 5 heteroatoms. The number of hydrogen-bond acceptors (Lipinski definition) is 3. The summed E-state index contributed by atoms with van der Waals surface area (Å²) in [6, 6.07) is 1.57. The van der Waals surface area contributed by atoms with Gasteiger partial charge in [-0.15, -0.1) is 0 Å². The van der Waals surface area contributed by atoms with E-state index in [0.717, 1.165) is 18.5 Å². The van der Waals surface area contributed by atoms with E-state index < -0.39 is 18.3 Å². The van der Waals surface area contributed by atoms with Crippen molar-refractivity contribution in [1.82, 2.24) is 4.98 Å². The Morgan fingerprint density at radius 1 is 1.14 bits per heavy atom. The van der Waals surface area contributed by atoms with Crippen molar-refractivity contribution in [3.05, 3.63) is 23.8 Å². The number of hydrogen-bond donors (Lipinski definition) is 0. The van der Waals surface area contributed by atoms with Crippen molar-refractivity contribution < 1.29 is 13.7 Å². The van der Waals surface area contributed by atoms with Crippen molar-refractivity contribution in [2.24, 2.45) is 0 Å². The van der Waals surface area contributed by atoms with E-state index in [1.165, 1.54) is 12.8 Å².